The Morgan fingerprint density at radius 2 is 1.51 bits per heavy atom. The molecule has 0 unspecified atom stereocenters. The second-order valence-corrected chi connectivity index (χ2v) is 10.4. The van der Waals surface area contributed by atoms with Crippen LogP contribution in [0.25, 0.3) is 44.7 Å². The van der Waals surface area contributed by atoms with E-state index in [2.05, 4.69) is 32.0 Å². The first-order chi connectivity index (χ1) is 20.0. The Bertz CT molecular complexity index is 1920. The summed E-state index contributed by atoms with van der Waals surface area (Å²) < 4.78 is 1.93. The van der Waals surface area contributed by atoms with Crippen LogP contribution in [0.3, 0.4) is 0 Å². The number of aromatic nitrogens is 6. The molecule has 0 aliphatic carbocycles. The number of hydrogen-bond donors (Lipinski definition) is 3. The number of nitrogens with zero attached hydrogens (tertiary/aromatic N) is 6. The molecule has 4 N–H and O–H groups in total. The Hall–Kier alpha value is -5.09. The van der Waals surface area contributed by atoms with E-state index < -0.39 is 0 Å². The van der Waals surface area contributed by atoms with Gasteiger partial charge < -0.3 is 15.8 Å². The minimum absolute atomic E-state index is 0.0312. The van der Waals surface area contributed by atoms with Crippen LogP contribution < -0.4 is 11.4 Å². The van der Waals surface area contributed by atoms with Gasteiger partial charge in [-0.2, -0.15) is 9.97 Å². The van der Waals surface area contributed by atoms with Gasteiger partial charge in [0.1, 0.15) is 0 Å². The Morgan fingerprint density at radius 3 is 2.29 bits per heavy atom. The molecule has 10 nitrogen and oxygen atoms in total. The molecule has 0 atom stereocenters. The summed E-state index contributed by atoms with van der Waals surface area (Å²) in [7, 11) is 0. The molecular weight excluding hydrogens is 516 g/mol. The number of nitrogens with one attached hydrogen (secondary N) is 1. The highest BCUT2D eigenvalue weighted by Crippen LogP contribution is 2.33. The number of aromatic hydroxyl groups is 1. The van der Waals surface area contributed by atoms with Crippen molar-refractivity contribution in [3.05, 3.63) is 94.9 Å². The molecule has 4 heterocycles. The average Bonchev–Trinajstić information content (AvgIpc) is 3.33. The van der Waals surface area contributed by atoms with Gasteiger partial charge in [-0.05, 0) is 30.5 Å². The third kappa shape index (κ3) is 4.68. The van der Waals surface area contributed by atoms with Crippen molar-refractivity contribution >= 4 is 28.1 Å². The van der Waals surface area contributed by atoms with Gasteiger partial charge in [0, 0.05) is 36.8 Å². The number of aromatic amines is 1. The number of piperidine rings is 1. The van der Waals surface area contributed by atoms with Gasteiger partial charge in [-0.15, -0.1) is 0 Å². The first-order valence-corrected chi connectivity index (χ1v) is 13.6. The number of imidazole rings is 1. The number of nitrogen functional groups attached to an aromatic ring is 1. The summed E-state index contributed by atoms with van der Waals surface area (Å²) in [6.07, 6.45) is 1.84. The summed E-state index contributed by atoms with van der Waals surface area (Å²) in [5, 5.41) is 10.4. The second-order valence-electron chi connectivity index (χ2n) is 10.4. The molecule has 0 spiro atoms. The van der Waals surface area contributed by atoms with Gasteiger partial charge in [0.2, 0.25) is 11.8 Å². The number of nitrogens with two attached hydrogens (primary N) is 1. The van der Waals surface area contributed by atoms with E-state index in [0.717, 1.165) is 54.6 Å². The number of likely N-dealkylation sites (tertiary alicyclic amines) is 1. The fourth-order valence-electron chi connectivity index (χ4n) is 5.75. The predicted molar refractivity (Wildman–Crippen MR) is 158 cm³/mol. The highest BCUT2D eigenvalue weighted by molar-refractivity contribution is 5.87. The van der Waals surface area contributed by atoms with Crippen LogP contribution in [-0.2, 0) is 6.54 Å². The highest BCUT2D eigenvalue weighted by atomic mass is 16.3. The quantitative estimate of drug-likeness (QED) is 0.288. The van der Waals surface area contributed by atoms with Crippen LogP contribution in [-0.4, -0.2) is 52.6 Å². The van der Waals surface area contributed by atoms with Crippen LogP contribution >= 0.6 is 0 Å². The zero-order valence-electron chi connectivity index (χ0n) is 22.2. The molecular formula is C31H28N8O2. The average molecular weight is 545 g/mol. The Morgan fingerprint density at radius 1 is 0.829 bits per heavy atom. The minimum atomic E-state index is -0.294. The molecule has 1 saturated heterocycles. The third-order valence-electron chi connectivity index (χ3n) is 7.76. The van der Waals surface area contributed by atoms with Crippen LogP contribution in [0, 0.1) is 0 Å². The normalized spacial score (nSPS) is 14.6. The van der Waals surface area contributed by atoms with Crippen molar-refractivity contribution in [1.82, 2.24) is 34.4 Å². The number of H-pyrrole nitrogens is 1. The van der Waals surface area contributed by atoms with Gasteiger partial charge in [0.25, 0.3) is 0 Å². The molecule has 10 heteroatoms. The molecule has 1 fully saturated rings. The number of fused-ring (bicyclic) bond motifs is 2. The largest absolute Gasteiger partial charge is 0.492 e. The molecule has 0 radical (unpaired) electrons. The van der Waals surface area contributed by atoms with Gasteiger partial charge in [-0.1, -0.05) is 66.7 Å². The third-order valence-corrected chi connectivity index (χ3v) is 7.76. The summed E-state index contributed by atoms with van der Waals surface area (Å²) >= 11 is 0. The second kappa shape index (κ2) is 10.1. The molecule has 41 heavy (non-hydrogen) atoms. The number of hydrogen-bond acceptors (Lipinski definition) is 8. The van der Waals surface area contributed by atoms with E-state index in [9.17, 15) is 9.90 Å². The van der Waals surface area contributed by atoms with Gasteiger partial charge in [-0.3, -0.25) is 9.47 Å². The van der Waals surface area contributed by atoms with E-state index in [-0.39, 0.29) is 34.7 Å². The highest BCUT2D eigenvalue weighted by Gasteiger charge is 2.24. The molecule has 0 saturated carbocycles. The van der Waals surface area contributed by atoms with Gasteiger partial charge in [0.15, 0.2) is 11.2 Å². The molecule has 204 valence electrons. The maximum atomic E-state index is 12.6. The SMILES string of the molecule is Nc1nc(O)c2nc(-c3ccccc3)c(-c3ccc(CN4CCC(n5c(=O)[nH]c6ccccc65)CC4)cc3)nc2n1. The summed E-state index contributed by atoms with van der Waals surface area (Å²) in [6, 6.07) is 26.1. The molecule has 7 rings (SSSR count). The Kier molecular flexibility index (Phi) is 6.16. The minimum Gasteiger partial charge on any atom is -0.492 e. The van der Waals surface area contributed by atoms with E-state index in [4.69, 9.17) is 15.7 Å². The van der Waals surface area contributed by atoms with Gasteiger partial charge >= 0.3 is 5.69 Å². The zero-order valence-corrected chi connectivity index (χ0v) is 22.2. The summed E-state index contributed by atoms with van der Waals surface area (Å²) in [5.74, 6) is -0.353. The van der Waals surface area contributed by atoms with E-state index in [1.165, 1.54) is 5.56 Å². The van der Waals surface area contributed by atoms with E-state index in [1.54, 1.807) is 0 Å². The van der Waals surface area contributed by atoms with Crippen molar-refractivity contribution in [2.45, 2.75) is 25.4 Å². The molecule has 3 aromatic heterocycles. The lowest BCUT2D eigenvalue weighted by Gasteiger charge is -2.32. The number of anilines is 1. The number of para-hydroxylation sites is 2. The fourth-order valence-corrected chi connectivity index (χ4v) is 5.75. The summed E-state index contributed by atoms with van der Waals surface area (Å²) in [6.45, 7) is 2.65. The first kappa shape index (κ1) is 24.9. The van der Waals surface area contributed by atoms with Crippen molar-refractivity contribution in [1.29, 1.82) is 0 Å². The maximum Gasteiger partial charge on any atom is 0.326 e. The lowest BCUT2D eigenvalue weighted by molar-refractivity contribution is 0.180. The molecule has 0 bridgehead atoms. The lowest BCUT2D eigenvalue weighted by Crippen LogP contribution is -2.36. The Labute approximate surface area is 235 Å². The molecule has 1 aliphatic rings. The first-order valence-electron chi connectivity index (χ1n) is 13.6. The molecule has 1 aliphatic heterocycles. The summed E-state index contributed by atoms with van der Waals surface area (Å²) in [5.41, 5.74) is 12.3. The van der Waals surface area contributed by atoms with Crippen molar-refractivity contribution < 1.29 is 5.11 Å². The Balaban J connectivity index is 1.12. The topological polar surface area (TPSA) is 139 Å². The van der Waals surface area contributed by atoms with Crippen molar-refractivity contribution in [2.24, 2.45) is 0 Å². The zero-order chi connectivity index (χ0) is 27.9. The maximum absolute atomic E-state index is 12.6. The van der Waals surface area contributed by atoms with E-state index in [0.29, 0.717) is 11.4 Å². The number of benzene rings is 3. The van der Waals surface area contributed by atoms with Crippen molar-refractivity contribution in [3.8, 4) is 28.4 Å². The standard InChI is InChI=1S/C31H28N8O2/c32-30-36-28-27(29(40)37-30)34-25(20-6-2-1-3-7-20)26(35-28)21-12-10-19(11-13-21)18-38-16-14-22(15-17-38)39-24-9-5-4-8-23(24)33-31(39)41/h1-13,22H,14-18H2,(H,33,41)(H3,32,35,36,37,40). The smallest absolute Gasteiger partial charge is 0.326 e. The van der Waals surface area contributed by atoms with Crippen molar-refractivity contribution in [2.75, 3.05) is 18.8 Å². The van der Waals surface area contributed by atoms with Crippen LogP contribution in [0.15, 0.2) is 83.7 Å². The molecule has 3 aromatic carbocycles. The molecule has 6 aromatic rings. The fraction of sp³-hybridized carbons (Fsp3) is 0.194. The van der Waals surface area contributed by atoms with E-state index >= 15 is 0 Å². The van der Waals surface area contributed by atoms with Gasteiger partial charge in [-0.25, -0.2) is 14.8 Å². The predicted octanol–water partition coefficient (Wildman–Crippen LogP) is 4.52. The summed E-state index contributed by atoms with van der Waals surface area (Å²) in [4.78, 5) is 35.6. The van der Waals surface area contributed by atoms with Crippen LogP contribution in [0.1, 0.15) is 24.4 Å². The van der Waals surface area contributed by atoms with Crippen LogP contribution in [0.2, 0.25) is 0 Å². The molecule has 0 amide bonds. The monoisotopic (exact) mass is 544 g/mol. The van der Waals surface area contributed by atoms with Crippen LogP contribution in [0.5, 0.6) is 5.88 Å². The van der Waals surface area contributed by atoms with E-state index in [1.807, 2.05) is 71.3 Å². The van der Waals surface area contributed by atoms with Crippen molar-refractivity contribution in [3.63, 3.8) is 0 Å². The van der Waals surface area contributed by atoms with Crippen LogP contribution in [0.4, 0.5) is 5.95 Å². The number of rotatable bonds is 5. The van der Waals surface area contributed by atoms with Gasteiger partial charge in [0.05, 0.1) is 22.4 Å². The lowest BCUT2D eigenvalue weighted by atomic mass is 10.0.